The van der Waals surface area contributed by atoms with Crippen LogP contribution in [-0.2, 0) is 13.6 Å². The van der Waals surface area contributed by atoms with Crippen LogP contribution >= 0.6 is 0 Å². The fourth-order valence-electron chi connectivity index (χ4n) is 3.64. The van der Waals surface area contributed by atoms with Gasteiger partial charge in [-0.05, 0) is 31.4 Å². The molecule has 29 heavy (non-hydrogen) atoms. The molecule has 4 rings (SSSR count). The lowest BCUT2D eigenvalue weighted by Crippen LogP contribution is -2.33. The Morgan fingerprint density at radius 1 is 1.10 bits per heavy atom. The molecule has 3 aromatic rings. The van der Waals surface area contributed by atoms with E-state index in [1.54, 1.807) is 0 Å². The molecule has 1 N–H and O–H groups in total. The maximum atomic E-state index is 10.3. The third kappa shape index (κ3) is 4.69. The summed E-state index contributed by atoms with van der Waals surface area (Å²) in [7, 11) is 1.93. The third-order valence-electron chi connectivity index (χ3n) is 5.43. The minimum absolute atomic E-state index is 0.314. The highest BCUT2D eigenvalue weighted by atomic mass is 16.5. The van der Waals surface area contributed by atoms with Crippen molar-refractivity contribution in [2.45, 2.75) is 44.9 Å². The van der Waals surface area contributed by atoms with Gasteiger partial charge in [0.15, 0.2) is 0 Å². The molecule has 1 atom stereocenters. The quantitative estimate of drug-likeness (QED) is 0.578. The number of aliphatic hydroxyl groups is 1. The van der Waals surface area contributed by atoms with Crippen LogP contribution < -0.4 is 4.74 Å². The average molecular weight is 392 g/mol. The maximum absolute atomic E-state index is 10.3. The molecule has 0 radical (unpaired) electrons. The number of benzene rings is 2. The van der Waals surface area contributed by atoms with E-state index in [1.807, 2.05) is 67.2 Å². The molecule has 0 aliphatic heterocycles. The van der Waals surface area contributed by atoms with Crippen molar-refractivity contribution in [2.24, 2.45) is 7.05 Å². The Labute approximate surface area is 172 Å². The van der Waals surface area contributed by atoms with Gasteiger partial charge >= 0.3 is 0 Å². The summed E-state index contributed by atoms with van der Waals surface area (Å²) >= 11 is 0. The minimum Gasteiger partial charge on any atom is -0.439 e. The lowest BCUT2D eigenvalue weighted by Gasteiger charge is -2.25. The highest BCUT2D eigenvalue weighted by Gasteiger charge is 2.32. The molecule has 5 heteroatoms. The molecule has 2 aromatic carbocycles. The zero-order chi connectivity index (χ0) is 20.2. The molecule has 0 saturated heterocycles. The molecule has 152 valence electrons. The predicted octanol–water partition coefficient (Wildman–Crippen LogP) is 4.61. The van der Waals surface area contributed by atoms with Crippen molar-refractivity contribution in [3.8, 4) is 22.9 Å². The first-order chi connectivity index (χ1) is 14.2. The molecule has 0 amide bonds. The Hall–Kier alpha value is -2.63. The van der Waals surface area contributed by atoms with Crippen LogP contribution in [0.3, 0.4) is 0 Å². The van der Waals surface area contributed by atoms with Crippen molar-refractivity contribution in [3.63, 3.8) is 0 Å². The second-order valence-corrected chi connectivity index (χ2v) is 7.76. The smallest absolute Gasteiger partial charge is 0.222 e. The van der Waals surface area contributed by atoms with Gasteiger partial charge in [0.05, 0.1) is 11.7 Å². The normalized spacial score (nSPS) is 14.9. The van der Waals surface area contributed by atoms with Gasteiger partial charge in [-0.1, -0.05) is 55.5 Å². The van der Waals surface area contributed by atoms with Crippen molar-refractivity contribution in [1.82, 2.24) is 14.7 Å². The SMILES string of the molecule is CCC(O)CN(Cc1c(-c2ccccc2)nn(C)c1Oc1ccccc1)C1CC1. The van der Waals surface area contributed by atoms with Crippen LogP contribution in [-0.4, -0.2) is 38.5 Å². The summed E-state index contributed by atoms with van der Waals surface area (Å²) in [5.74, 6) is 1.55. The minimum atomic E-state index is -0.314. The Bertz CT molecular complexity index is 920. The van der Waals surface area contributed by atoms with E-state index in [-0.39, 0.29) is 6.10 Å². The Morgan fingerprint density at radius 3 is 2.38 bits per heavy atom. The summed E-state index contributed by atoms with van der Waals surface area (Å²) in [6.07, 6.45) is 2.82. The predicted molar refractivity (Wildman–Crippen MR) is 115 cm³/mol. The van der Waals surface area contributed by atoms with Crippen LogP contribution in [0.1, 0.15) is 31.7 Å². The first-order valence-electron chi connectivity index (χ1n) is 10.4. The summed E-state index contributed by atoms with van der Waals surface area (Å²) in [6, 6.07) is 20.6. The van der Waals surface area contributed by atoms with Crippen LogP contribution in [0.5, 0.6) is 11.6 Å². The van der Waals surface area contributed by atoms with E-state index >= 15 is 0 Å². The van der Waals surface area contributed by atoms with Gasteiger partial charge in [0.25, 0.3) is 0 Å². The van der Waals surface area contributed by atoms with Crippen molar-refractivity contribution in [2.75, 3.05) is 6.54 Å². The number of hydrogen-bond acceptors (Lipinski definition) is 4. The molecule has 1 aliphatic rings. The van der Waals surface area contributed by atoms with E-state index in [4.69, 9.17) is 9.84 Å². The fourth-order valence-corrected chi connectivity index (χ4v) is 3.64. The number of aryl methyl sites for hydroxylation is 1. The summed E-state index contributed by atoms with van der Waals surface area (Å²) in [5.41, 5.74) is 3.08. The monoisotopic (exact) mass is 391 g/mol. The van der Waals surface area contributed by atoms with Gasteiger partial charge in [-0.15, -0.1) is 0 Å². The molecule has 0 bridgehead atoms. The van der Waals surface area contributed by atoms with Gasteiger partial charge < -0.3 is 9.84 Å². The zero-order valence-corrected chi connectivity index (χ0v) is 17.2. The summed E-state index contributed by atoms with van der Waals surface area (Å²) in [6.45, 7) is 3.41. The number of aromatic nitrogens is 2. The van der Waals surface area contributed by atoms with Crippen molar-refractivity contribution in [3.05, 3.63) is 66.2 Å². The zero-order valence-electron chi connectivity index (χ0n) is 17.2. The number of rotatable bonds is 9. The summed E-state index contributed by atoms with van der Waals surface area (Å²) in [4.78, 5) is 2.38. The van der Waals surface area contributed by atoms with E-state index in [9.17, 15) is 5.11 Å². The molecule has 1 unspecified atom stereocenters. The van der Waals surface area contributed by atoms with Crippen molar-refractivity contribution in [1.29, 1.82) is 0 Å². The summed E-state index contributed by atoms with van der Waals surface area (Å²) < 4.78 is 8.11. The van der Waals surface area contributed by atoms with Crippen LogP contribution in [0.2, 0.25) is 0 Å². The van der Waals surface area contributed by atoms with E-state index in [0.717, 1.165) is 34.9 Å². The molecule has 1 aromatic heterocycles. The van der Waals surface area contributed by atoms with Gasteiger partial charge in [0.1, 0.15) is 11.4 Å². The van der Waals surface area contributed by atoms with Crippen LogP contribution in [0.15, 0.2) is 60.7 Å². The average Bonchev–Trinajstić information content (AvgIpc) is 3.56. The fraction of sp³-hybridized carbons (Fsp3) is 0.375. The standard InChI is InChI=1S/C24H29N3O2/c1-3-20(28)16-27(19-14-15-19)17-22-23(18-10-6-4-7-11-18)25-26(2)24(22)29-21-12-8-5-9-13-21/h4-13,19-20,28H,3,14-17H2,1-2H3. The highest BCUT2D eigenvalue weighted by Crippen LogP contribution is 2.37. The van der Waals surface area contributed by atoms with Crippen LogP contribution in [0, 0.1) is 0 Å². The highest BCUT2D eigenvalue weighted by molar-refractivity contribution is 5.65. The number of nitrogens with zero attached hydrogens (tertiary/aromatic N) is 3. The number of aliphatic hydroxyl groups excluding tert-OH is 1. The molecule has 1 aliphatic carbocycles. The van der Waals surface area contributed by atoms with Gasteiger partial charge in [0, 0.05) is 31.7 Å². The number of para-hydroxylation sites is 1. The lowest BCUT2D eigenvalue weighted by atomic mass is 10.1. The van der Waals surface area contributed by atoms with E-state index in [1.165, 1.54) is 12.8 Å². The van der Waals surface area contributed by atoms with Crippen molar-refractivity contribution < 1.29 is 9.84 Å². The molecular weight excluding hydrogens is 362 g/mol. The van der Waals surface area contributed by atoms with Gasteiger partial charge in [-0.3, -0.25) is 4.90 Å². The summed E-state index contributed by atoms with van der Waals surface area (Å²) in [5, 5.41) is 15.1. The van der Waals surface area contributed by atoms with Crippen LogP contribution in [0.4, 0.5) is 0 Å². The van der Waals surface area contributed by atoms with Gasteiger partial charge in [0.2, 0.25) is 5.88 Å². The third-order valence-corrected chi connectivity index (χ3v) is 5.43. The molecule has 1 heterocycles. The molecule has 5 nitrogen and oxygen atoms in total. The lowest BCUT2D eigenvalue weighted by molar-refractivity contribution is 0.101. The van der Waals surface area contributed by atoms with Gasteiger partial charge in [-0.2, -0.15) is 5.10 Å². The Kier molecular flexibility index (Phi) is 5.97. The van der Waals surface area contributed by atoms with E-state index in [0.29, 0.717) is 19.1 Å². The first-order valence-corrected chi connectivity index (χ1v) is 10.4. The molecule has 0 spiro atoms. The second-order valence-electron chi connectivity index (χ2n) is 7.76. The molecule has 1 fully saturated rings. The Balaban J connectivity index is 1.72. The first kappa shape index (κ1) is 19.7. The maximum Gasteiger partial charge on any atom is 0.222 e. The second kappa shape index (κ2) is 8.80. The van der Waals surface area contributed by atoms with E-state index in [2.05, 4.69) is 17.0 Å². The van der Waals surface area contributed by atoms with E-state index < -0.39 is 0 Å². The number of ether oxygens (including phenoxy) is 1. The largest absolute Gasteiger partial charge is 0.439 e. The molecule has 1 saturated carbocycles. The molecular formula is C24H29N3O2. The Morgan fingerprint density at radius 2 is 1.76 bits per heavy atom. The van der Waals surface area contributed by atoms with Crippen LogP contribution in [0.25, 0.3) is 11.3 Å². The number of hydrogen-bond donors (Lipinski definition) is 1. The van der Waals surface area contributed by atoms with Gasteiger partial charge in [-0.25, -0.2) is 4.68 Å². The van der Waals surface area contributed by atoms with Crippen molar-refractivity contribution >= 4 is 0 Å². The topological polar surface area (TPSA) is 50.5 Å².